The van der Waals surface area contributed by atoms with E-state index >= 15 is 0 Å². The molecule has 2 aliphatic carbocycles. The summed E-state index contributed by atoms with van der Waals surface area (Å²) < 4.78 is 31.3. The highest BCUT2D eigenvalue weighted by Crippen LogP contribution is 2.41. The maximum Gasteiger partial charge on any atom is 0.259 e. The molecule has 0 bridgehead atoms. The van der Waals surface area contributed by atoms with Gasteiger partial charge in [0.1, 0.15) is 15.7 Å². The molecule has 0 spiro atoms. The second-order valence-electron chi connectivity index (χ2n) is 8.85. The van der Waals surface area contributed by atoms with Gasteiger partial charge in [-0.15, -0.1) is 4.36 Å². The van der Waals surface area contributed by atoms with Crippen LogP contribution in [0.4, 0.5) is 4.39 Å². The van der Waals surface area contributed by atoms with Crippen LogP contribution in [0.3, 0.4) is 0 Å². The SMILES string of the molecule is CC(C)(O)c1ccc(S(N)(=O)=NC(=O)Cc2c3c(c(Cl)c4c2CCC4)CCC3)c(F)c1. The van der Waals surface area contributed by atoms with E-state index in [1.807, 2.05) is 0 Å². The van der Waals surface area contributed by atoms with E-state index in [4.69, 9.17) is 16.7 Å². The van der Waals surface area contributed by atoms with Gasteiger partial charge in [-0.05, 0) is 97.9 Å². The maximum atomic E-state index is 14.6. The minimum atomic E-state index is -3.77. The molecule has 0 saturated carbocycles. The monoisotopic (exact) mass is 464 g/mol. The number of amides is 1. The third kappa shape index (κ3) is 4.16. The Labute approximate surface area is 187 Å². The Bertz CT molecular complexity index is 1180. The van der Waals surface area contributed by atoms with Crippen molar-refractivity contribution < 1.29 is 18.5 Å². The molecule has 3 N–H and O–H groups in total. The number of rotatable bonds is 4. The lowest BCUT2D eigenvalue weighted by atomic mass is 9.92. The van der Waals surface area contributed by atoms with Gasteiger partial charge in [0.2, 0.25) is 0 Å². The van der Waals surface area contributed by atoms with E-state index in [1.165, 1.54) is 26.0 Å². The van der Waals surface area contributed by atoms with Gasteiger partial charge in [-0.25, -0.2) is 13.7 Å². The van der Waals surface area contributed by atoms with Crippen LogP contribution in [0.2, 0.25) is 5.02 Å². The van der Waals surface area contributed by atoms with Crippen LogP contribution < -0.4 is 5.14 Å². The number of carbonyl (C=O) groups excluding carboxylic acids is 1. The first kappa shape index (κ1) is 22.4. The van der Waals surface area contributed by atoms with Gasteiger partial charge in [-0.1, -0.05) is 17.7 Å². The molecule has 31 heavy (non-hydrogen) atoms. The molecule has 5 nitrogen and oxygen atoms in total. The normalized spacial score (nSPS) is 17.2. The number of nitrogens with zero attached hydrogens (tertiary/aromatic N) is 1. The summed E-state index contributed by atoms with van der Waals surface area (Å²) in [6, 6.07) is 3.73. The Morgan fingerprint density at radius 2 is 1.71 bits per heavy atom. The molecule has 0 radical (unpaired) electrons. The molecule has 0 fully saturated rings. The van der Waals surface area contributed by atoms with Crippen LogP contribution in [0, 0.1) is 5.82 Å². The number of benzene rings is 2. The number of hydrogen-bond acceptors (Lipinski definition) is 3. The van der Waals surface area contributed by atoms with Gasteiger partial charge >= 0.3 is 0 Å². The topological polar surface area (TPSA) is 92.8 Å². The van der Waals surface area contributed by atoms with E-state index in [9.17, 15) is 18.5 Å². The van der Waals surface area contributed by atoms with Crippen LogP contribution in [-0.2, 0) is 52.4 Å². The molecule has 0 saturated heterocycles. The zero-order valence-electron chi connectivity index (χ0n) is 17.6. The first-order valence-corrected chi connectivity index (χ1v) is 12.4. The van der Waals surface area contributed by atoms with Crippen LogP contribution >= 0.6 is 11.6 Å². The van der Waals surface area contributed by atoms with Crippen molar-refractivity contribution in [3.63, 3.8) is 0 Å². The third-order valence-electron chi connectivity index (χ3n) is 6.21. The second kappa shape index (κ2) is 7.96. The number of hydrogen-bond donors (Lipinski definition) is 2. The van der Waals surface area contributed by atoms with Crippen molar-refractivity contribution in [3.8, 4) is 0 Å². The van der Waals surface area contributed by atoms with Crippen LogP contribution in [0.25, 0.3) is 0 Å². The Hall–Kier alpha value is -1.80. The zero-order chi connectivity index (χ0) is 22.6. The molecule has 1 atom stereocenters. The van der Waals surface area contributed by atoms with Crippen molar-refractivity contribution in [1.82, 2.24) is 0 Å². The number of aliphatic hydroxyl groups is 1. The summed E-state index contributed by atoms with van der Waals surface area (Å²) in [5.41, 5.74) is 4.43. The molecule has 0 aromatic heterocycles. The highest BCUT2D eigenvalue weighted by Gasteiger charge is 2.29. The lowest BCUT2D eigenvalue weighted by Crippen LogP contribution is -2.20. The fraction of sp³-hybridized carbons (Fsp3) is 0.435. The molecule has 0 aliphatic heterocycles. The summed E-state index contributed by atoms with van der Waals surface area (Å²) in [7, 11) is -3.77. The van der Waals surface area contributed by atoms with Gasteiger partial charge in [-0.2, -0.15) is 0 Å². The molecule has 4 rings (SSSR count). The largest absolute Gasteiger partial charge is 0.386 e. The smallest absolute Gasteiger partial charge is 0.259 e. The summed E-state index contributed by atoms with van der Waals surface area (Å²) in [6.45, 7) is 3.02. The molecule has 2 aromatic rings. The Kier molecular flexibility index (Phi) is 5.75. The first-order valence-electron chi connectivity index (χ1n) is 10.4. The van der Waals surface area contributed by atoms with Crippen molar-refractivity contribution in [1.29, 1.82) is 0 Å². The fourth-order valence-electron chi connectivity index (χ4n) is 4.72. The Morgan fingerprint density at radius 1 is 1.16 bits per heavy atom. The minimum Gasteiger partial charge on any atom is -0.386 e. The lowest BCUT2D eigenvalue weighted by Gasteiger charge is -2.18. The summed E-state index contributed by atoms with van der Waals surface area (Å²) in [5, 5.41) is 16.7. The Morgan fingerprint density at radius 3 is 2.23 bits per heavy atom. The average molecular weight is 465 g/mol. The van der Waals surface area contributed by atoms with Gasteiger partial charge in [0, 0.05) is 5.02 Å². The summed E-state index contributed by atoms with van der Waals surface area (Å²) in [5.74, 6) is -1.50. The molecule has 2 aliphatic rings. The van der Waals surface area contributed by atoms with Crippen molar-refractivity contribution >= 4 is 27.4 Å². The highest BCUT2D eigenvalue weighted by molar-refractivity contribution is 7.91. The fourth-order valence-corrected chi connectivity index (χ4v) is 6.20. The van der Waals surface area contributed by atoms with Gasteiger partial charge < -0.3 is 5.11 Å². The van der Waals surface area contributed by atoms with Gasteiger partial charge in [0.25, 0.3) is 5.91 Å². The predicted octanol–water partition coefficient (Wildman–Crippen LogP) is 4.15. The third-order valence-corrected chi connectivity index (χ3v) is 8.11. The summed E-state index contributed by atoms with van der Waals surface area (Å²) in [4.78, 5) is 12.5. The predicted molar refractivity (Wildman–Crippen MR) is 119 cm³/mol. The standard InChI is InChI=1S/C23H26ClFN2O3S/c1-23(2,29)13-9-10-20(19(25)11-13)31(26,30)27-21(28)12-18-14-5-3-7-16(14)22(24)17-8-4-6-15(17)18/h9-11,29H,3-8,12H2,1-2H3,(H2,26,27,28,30). The molecular formula is C23H26ClFN2O3S. The minimum absolute atomic E-state index is 0.0145. The molecule has 8 heteroatoms. The molecule has 2 aromatic carbocycles. The molecule has 1 amide bonds. The first-order chi connectivity index (χ1) is 14.5. The quantitative estimate of drug-likeness (QED) is 0.711. The number of fused-ring (bicyclic) bond motifs is 2. The number of carbonyl (C=O) groups is 1. The van der Waals surface area contributed by atoms with Crippen LogP contribution in [0.5, 0.6) is 0 Å². The van der Waals surface area contributed by atoms with E-state index in [-0.39, 0.29) is 11.3 Å². The van der Waals surface area contributed by atoms with Gasteiger partial charge in [-0.3, -0.25) is 4.79 Å². The van der Waals surface area contributed by atoms with Gasteiger partial charge in [0.15, 0.2) is 0 Å². The van der Waals surface area contributed by atoms with E-state index < -0.39 is 27.2 Å². The summed E-state index contributed by atoms with van der Waals surface area (Å²) in [6.07, 6.45) is 5.47. The maximum absolute atomic E-state index is 14.6. The van der Waals surface area contributed by atoms with E-state index in [0.717, 1.165) is 77.4 Å². The van der Waals surface area contributed by atoms with E-state index in [0.29, 0.717) is 5.56 Å². The molecule has 1 unspecified atom stereocenters. The zero-order valence-corrected chi connectivity index (χ0v) is 19.2. The number of nitrogens with two attached hydrogens (primary N) is 1. The molecule has 0 heterocycles. The van der Waals surface area contributed by atoms with E-state index in [2.05, 4.69) is 4.36 Å². The van der Waals surface area contributed by atoms with Crippen molar-refractivity contribution in [2.45, 2.75) is 69.3 Å². The molecular weight excluding hydrogens is 439 g/mol. The highest BCUT2D eigenvalue weighted by atomic mass is 35.5. The summed E-state index contributed by atoms with van der Waals surface area (Å²) >= 11 is 6.62. The number of halogens is 2. The van der Waals surface area contributed by atoms with Crippen molar-refractivity contribution in [2.24, 2.45) is 9.50 Å². The van der Waals surface area contributed by atoms with Crippen LogP contribution in [0.1, 0.15) is 60.1 Å². The lowest BCUT2D eigenvalue weighted by molar-refractivity contribution is -0.117. The second-order valence-corrected chi connectivity index (χ2v) is 11.0. The van der Waals surface area contributed by atoms with Gasteiger partial charge in [0.05, 0.1) is 16.9 Å². The molecule has 166 valence electrons. The Balaban J connectivity index is 1.69. The van der Waals surface area contributed by atoms with Crippen molar-refractivity contribution in [2.75, 3.05) is 0 Å². The van der Waals surface area contributed by atoms with Crippen LogP contribution in [-0.4, -0.2) is 15.2 Å². The van der Waals surface area contributed by atoms with Crippen molar-refractivity contribution in [3.05, 3.63) is 62.4 Å². The van der Waals surface area contributed by atoms with E-state index in [1.54, 1.807) is 0 Å². The average Bonchev–Trinajstić information content (AvgIpc) is 3.33. The van der Waals surface area contributed by atoms with Crippen LogP contribution in [0.15, 0.2) is 27.5 Å².